The van der Waals surface area contributed by atoms with Crippen LogP contribution >= 0.6 is 0 Å². The van der Waals surface area contributed by atoms with Crippen molar-refractivity contribution in [3.63, 3.8) is 0 Å². The summed E-state index contributed by atoms with van der Waals surface area (Å²) in [4.78, 5) is 11.9. The second kappa shape index (κ2) is 5.71. The molecule has 0 bridgehead atoms. The zero-order valence-corrected chi connectivity index (χ0v) is 11.6. The number of benzene rings is 1. The highest BCUT2D eigenvalue weighted by molar-refractivity contribution is 7.90. The van der Waals surface area contributed by atoms with Gasteiger partial charge in [0.15, 0.2) is 5.25 Å². The Hall–Kier alpha value is -1.40. The van der Waals surface area contributed by atoms with Crippen molar-refractivity contribution in [2.24, 2.45) is 0 Å². The maximum atomic E-state index is 12.6. The molecule has 1 aliphatic rings. The summed E-state index contributed by atoms with van der Waals surface area (Å²) in [6.07, 6.45) is 1.67. The molecule has 19 heavy (non-hydrogen) atoms. The van der Waals surface area contributed by atoms with Crippen LogP contribution in [-0.4, -0.2) is 38.9 Å². The first-order valence-corrected chi connectivity index (χ1v) is 7.69. The van der Waals surface area contributed by atoms with Gasteiger partial charge in [-0.2, -0.15) is 0 Å². The SMILES string of the molecule is COC(=O)[C@@H](c1ccccc1)S(=O)(=O)N1CCCC1. The molecule has 2 rings (SSSR count). The summed E-state index contributed by atoms with van der Waals surface area (Å²) >= 11 is 0. The third kappa shape index (κ3) is 2.79. The number of hydrogen-bond acceptors (Lipinski definition) is 4. The Kier molecular flexibility index (Phi) is 4.21. The topological polar surface area (TPSA) is 63.7 Å². The molecule has 0 aliphatic carbocycles. The molecule has 1 aliphatic heterocycles. The van der Waals surface area contributed by atoms with E-state index in [1.807, 2.05) is 0 Å². The van der Waals surface area contributed by atoms with Crippen LogP contribution in [0, 0.1) is 0 Å². The summed E-state index contributed by atoms with van der Waals surface area (Å²) in [6.45, 7) is 0.950. The van der Waals surface area contributed by atoms with Crippen LogP contribution in [0.15, 0.2) is 30.3 Å². The Morgan fingerprint density at radius 3 is 2.32 bits per heavy atom. The van der Waals surface area contributed by atoms with Crippen LogP contribution in [0.1, 0.15) is 23.7 Å². The highest BCUT2D eigenvalue weighted by Gasteiger charge is 2.40. The second-order valence-electron chi connectivity index (χ2n) is 4.46. The van der Waals surface area contributed by atoms with Crippen LogP contribution in [-0.2, 0) is 19.6 Å². The van der Waals surface area contributed by atoms with E-state index >= 15 is 0 Å². The van der Waals surface area contributed by atoms with Crippen molar-refractivity contribution in [3.8, 4) is 0 Å². The van der Waals surface area contributed by atoms with Gasteiger partial charge in [-0.25, -0.2) is 12.7 Å². The average Bonchev–Trinajstić information content (AvgIpc) is 2.94. The maximum absolute atomic E-state index is 12.6. The van der Waals surface area contributed by atoms with E-state index in [2.05, 4.69) is 4.74 Å². The van der Waals surface area contributed by atoms with Gasteiger partial charge in [0.2, 0.25) is 10.0 Å². The fourth-order valence-electron chi connectivity index (χ4n) is 2.26. The van der Waals surface area contributed by atoms with Crippen molar-refractivity contribution in [2.45, 2.75) is 18.1 Å². The molecular weight excluding hydrogens is 266 g/mol. The Labute approximate surface area is 113 Å². The molecule has 0 unspecified atom stereocenters. The first-order chi connectivity index (χ1) is 9.07. The molecular formula is C13H17NO4S. The minimum absolute atomic E-state index is 0.446. The lowest BCUT2D eigenvalue weighted by molar-refractivity contribution is -0.140. The molecule has 0 saturated carbocycles. The molecule has 6 heteroatoms. The third-order valence-corrected chi connectivity index (χ3v) is 5.39. The molecule has 1 aromatic rings. The van der Waals surface area contributed by atoms with Gasteiger partial charge < -0.3 is 4.74 Å². The number of carbonyl (C=O) groups is 1. The monoisotopic (exact) mass is 283 g/mol. The highest BCUT2D eigenvalue weighted by atomic mass is 32.2. The van der Waals surface area contributed by atoms with Crippen LogP contribution in [0.3, 0.4) is 0 Å². The summed E-state index contributed by atoms with van der Waals surface area (Å²) in [5, 5.41) is -1.27. The van der Waals surface area contributed by atoms with Gasteiger partial charge in [-0.1, -0.05) is 30.3 Å². The maximum Gasteiger partial charge on any atom is 0.330 e. The van der Waals surface area contributed by atoms with Crippen molar-refractivity contribution < 1.29 is 17.9 Å². The van der Waals surface area contributed by atoms with E-state index in [0.717, 1.165) is 12.8 Å². The van der Waals surface area contributed by atoms with E-state index in [1.165, 1.54) is 11.4 Å². The number of esters is 1. The molecule has 0 amide bonds. The molecule has 1 atom stereocenters. The van der Waals surface area contributed by atoms with Crippen molar-refractivity contribution >= 4 is 16.0 Å². The van der Waals surface area contributed by atoms with Crippen molar-refractivity contribution in [1.82, 2.24) is 4.31 Å². The van der Waals surface area contributed by atoms with Crippen LogP contribution in [0.25, 0.3) is 0 Å². The van der Waals surface area contributed by atoms with Gasteiger partial charge in [0.25, 0.3) is 0 Å². The molecule has 104 valence electrons. The molecule has 1 saturated heterocycles. The molecule has 1 aromatic carbocycles. The van der Waals surface area contributed by atoms with E-state index in [0.29, 0.717) is 18.7 Å². The third-order valence-electron chi connectivity index (χ3n) is 3.24. The van der Waals surface area contributed by atoms with E-state index in [-0.39, 0.29) is 0 Å². The first-order valence-electron chi connectivity index (χ1n) is 6.19. The second-order valence-corrected chi connectivity index (χ2v) is 6.48. The largest absolute Gasteiger partial charge is 0.468 e. The van der Waals surface area contributed by atoms with Crippen molar-refractivity contribution in [3.05, 3.63) is 35.9 Å². The number of methoxy groups -OCH3 is 1. The summed E-state index contributed by atoms with van der Waals surface area (Å²) in [5.41, 5.74) is 0.446. The molecule has 5 nitrogen and oxygen atoms in total. The Morgan fingerprint density at radius 2 is 1.79 bits per heavy atom. The lowest BCUT2D eigenvalue weighted by Crippen LogP contribution is -2.36. The quantitative estimate of drug-likeness (QED) is 0.782. The van der Waals surface area contributed by atoms with Crippen molar-refractivity contribution in [2.75, 3.05) is 20.2 Å². The molecule has 0 spiro atoms. The van der Waals surface area contributed by atoms with Gasteiger partial charge in [-0.15, -0.1) is 0 Å². The van der Waals surface area contributed by atoms with Crippen LogP contribution < -0.4 is 0 Å². The molecule has 0 aromatic heterocycles. The molecule has 1 fully saturated rings. The number of ether oxygens (including phenoxy) is 1. The van der Waals surface area contributed by atoms with E-state index in [9.17, 15) is 13.2 Å². The minimum atomic E-state index is -3.71. The van der Waals surface area contributed by atoms with Gasteiger partial charge in [0.05, 0.1) is 7.11 Å². The summed E-state index contributed by atoms with van der Waals surface area (Å²) in [6, 6.07) is 8.47. The Balaban J connectivity index is 2.41. The van der Waals surface area contributed by atoms with Crippen LogP contribution in [0.4, 0.5) is 0 Å². The van der Waals surface area contributed by atoms with Crippen LogP contribution in [0.5, 0.6) is 0 Å². The standard InChI is InChI=1S/C13H17NO4S/c1-18-13(15)12(11-7-3-2-4-8-11)19(16,17)14-9-5-6-10-14/h2-4,7-8,12H,5-6,9-10H2,1H3/t12-/m1/s1. The molecule has 0 N–H and O–H groups in total. The number of rotatable bonds is 4. The summed E-state index contributed by atoms with van der Waals surface area (Å²) in [5.74, 6) is -0.738. The molecule has 0 radical (unpaired) electrons. The van der Waals surface area contributed by atoms with E-state index in [1.54, 1.807) is 30.3 Å². The fraction of sp³-hybridized carbons (Fsp3) is 0.462. The van der Waals surface area contributed by atoms with E-state index in [4.69, 9.17) is 0 Å². The summed E-state index contributed by atoms with van der Waals surface area (Å²) in [7, 11) is -2.50. The number of hydrogen-bond donors (Lipinski definition) is 0. The van der Waals surface area contributed by atoms with Gasteiger partial charge in [0, 0.05) is 13.1 Å². The lowest BCUT2D eigenvalue weighted by Gasteiger charge is -2.22. The van der Waals surface area contributed by atoms with Gasteiger partial charge >= 0.3 is 5.97 Å². The lowest BCUT2D eigenvalue weighted by atomic mass is 10.1. The Bertz CT molecular complexity index is 535. The van der Waals surface area contributed by atoms with Crippen LogP contribution in [0.2, 0.25) is 0 Å². The highest BCUT2D eigenvalue weighted by Crippen LogP contribution is 2.29. The number of nitrogens with zero attached hydrogens (tertiary/aromatic N) is 1. The van der Waals surface area contributed by atoms with Gasteiger partial charge in [0.1, 0.15) is 0 Å². The van der Waals surface area contributed by atoms with Gasteiger partial charge in [-0.05, 0) is 18.4 Å². The first kappa shape index (κ1) is 14.0. The number of sulfonamides is 1. The Morgan fingerprint density at radius 1 is 1.21 bits per heavy atom. The normalized spacial score (nSPS) is 18.2. The predicted octanol–water partition coefficient (Wildman–Crippen LogP) is 1.33. The van der Waals surface area contributed by atoms with E-state index < -0.39 is 21.2 Å². The minimum Gasteiger partial charge on any atom is -0.468 e. The smallest absolute Gasteiger partial charge is 0.330 e. The fourth-order valence-corrected chi connectivity index (χ4v) is 4.16. The average molecular weight is 283 g/mol. The van der Waals surface area contributed by atoms with Crippen molar-refractivity contribution in [1.29, 1.82) is 0 Å². The summed E-state index contributed by atoms with van der Waals surface area (Å²) < 4.78 is 31.2. The van der Waals surface area contributed by atoms with Gasteiger partial charge in [-0.3, -0.25) is 4.79 Å². The zero-order valence-electron chi connectivity index (χ0n) is 10.8. The predicted molar refractivity (Wildman–Crippen MR) is 70.9 cm³/mol. The number of carbonyl (C=O) groups excluding carboxylic acids is 1. The zero-order chi connectivity index (χ0) is 13.9. The molecule has 1 heterocycles.